The molecular formula is C14H18F2N2O. The third-order valence-corrected chi connectivity index (χ3v) is 3.32. The molecule has 0 unspecified atom stereocenters. The van der Waals surface area contributed by atoms with Crippen molar-refractivity contribution in [2.75, 3.05) is 32.7 Å². The Labute approximate surface area is 111 Å². The minimum Gasteiger partial charge on any atom is -0.315 e. The highest BCUT2D eigenvalue weighted by Gasteiger charge is 2.15. The molecule has 3 nitrogen and oxygen atoms in total. The van der Waals surface area contributed by atoms with Crippen molar-refractivity contribution in [1.82, 2.24) is 10.2 Å². The van der Waals surface area contributed by atoms with Gasteiger partial charge in [-0.25, -0.2) is 8.78 Å². The van der Waals surface area contributed by atoms with Gasteiger partial charge in [0, 0.05) is 32.1 Å². The summed E-state index contributed by atoms with van der Waals surface area (Å²) in [5.74, 6) is -1.70. The summed E-state index contributed by atoms with van der Waals surface area (Å²) in [5.41, 5.74) is -0.0191. The maximum Gasteiger partial charge on any atom is 0.167 e. The predicted molar refractivity (Wildman–Crippen MR) is 69.2 cm³/mol. The van der Waals surface area contributed by atoms with E-state index < -0.39 is 11.6 Å². The Hall–Kier alpha value is -1.33. The van der Waals surface area contributed by atoms with Gasteiger partial charge in [0.15, 0.2) is 5.78 Å². The molecule has 5 heteroatoms. The number of carbonyl (C=O) groups excluding carboxylic acids is 1. The minimum absolute atomic E-state index is 0.0191. The lowest BCUT2D eigenvalue weighted by atomic mass is 10.1. The zero-order chi connectivity index (χ0) is 13.7. The van der Waals surface area contributed by atoms with Crippen LogP contribution in [0.4, 0.5) is 8.78 Å². The molecule has 1 N–H and O–H groups in total. The van der Waals surface area contributed by atoms with Crippen LogP contribution in [0.2, 0.25) is 0 Å². The summed E-state index contributed by atoms with van der Waals surface area (Å²) in [5, 5.41) is 3.28. The molecule has 0 aliphatic carbocycles. The second kappa shape index (κ2) is 6.73. The van der Waals surface area contributed by atoms with Crippen LogP contribution in [0.5, 0.6) is 0 Å². The fourth-order valence-electron chi connectivity index (χ4n) is 2.24. The van der Waals surface area contributed by atoms with Crippen molar-refractivity contribution < 1.29 is 13.6 Å². The van der Waals surface area contributed by atoms with Crippen LogP contribution in [0.15, 0.2) is 18.2 Å². The Bertz CT molecular complexity index is 443. The van der Waals surface area contributed by atoms with Gasteiger partial charge in [0.1, 0.15) is 11.6 Å². The SMILES string of the molecule is O=C(CCN1CCCNCC1)c1ccc(F)cc1F. The first-order chi connectivity index (χ1) is 9.16. The van der Waals surface area contributed by atoms with Crippen molar-refractivity contribution in [2.24, 2.45) is 0 Å². The molecule has 0 atom stereocenters. The molecule has 1 saturated heterocycles. The van der Waals surface area contributed by atoms with E-state index in [1.54, 1.807) is 0 Å². The first kappa shape index (κ1) is 14.1. The van der Waals surface area contributed by atoms with Gasteiger partial charge >= 0.3 is 0 Å². The van der Waals surface area contributed by atoms with Crippen molar-refractivity contribution in [3.8, 4) is 0 Å². The van der Waals surface area contributed by atoms with E-state index in [4.69, 9.17) is 0 Å². The quantitative estimate of drug-likeness (QED) is 0.846. The van der Waals surface area contributed by atoms with Crippen molar-refractivity contribution in [2.45, 2.75) is 12.8 Å². The molecule has 0 bridgehead atoms. The van der Waals surface area contributed by atoms with E-state index in [2.05, 4.69) is 10.2 Å². The van der Waals surface area contributed by atoms with Gasteiger partial charge in [0.05, 0.1) is 5.56 Å². The van der Waals surface area contributed by atoms with E-state index in [0.717, 1.165) is 44.7 Å². The molecule has 0 amide bonds. The van der Waals surface area contributed by atoms with Gasteiger partial charge in [-0.3, -0.25) is 4.79 Å². The number of halogens is 2. The third-order valence-electron chi connectivity index (χ3n) is 3.32. The van der Waals surface area contributed by atoms with Crippen molar-refractivity contribution in [3.63, 3.8) is 0 Å². The molecule has 19 heavy (non-hydrogen) atoms. The van der Waals surface area contributed by atoms with Crippen LogP contribution in [0, 0.1) is 11.6 Å². The number of Topliss-reactive ketones (excluding diaryl/α,β-unsaturated/α-hetero) is 1. The number of benzene rings is 1. The highest BCUT2D eigenvalue weighted by Crippen LogP contribution is 2.12. The Morgan fingerprint density at radius 3 is 2.89 bits per heavy atom. The van der Waals surface area contributed by atoms with Gasteiger partial charge in [0.2, 0.25) is 0 Å². The summed E-state index contributed by atoms with van der Waals surface area (Å²) < 4.78 is 26.2. The summed E-state index contributed by atoms with van der Waals surface area (Å²) in [7, 11) is 0. The van der Waals surface area contributed by atoms with Gasteiger partial charge in [-0.1, -0.05) is 0 Å². The van der Waals surface area contributed by atoms with Gasteiger partial charge < -0.3 is 10.2 Å². The molecule has 1 aromatic rings. The number of ketones is 1. The number of nitrogens with zero attached hydrogens (tertiary/aromatic N) is 1. The first-order valence-corrected chi connectivity index (χ1v) is 6.58. The van der Waals surface area contributed by atoms with Crippen LogP contribution in [-0.4, -0.2) is 43.4 Å². The highest BCUT2D eigenvalue weighted by molar-refractivity contribution is 5.96. The smallest absolute Gasteiger partial charge is 0.167 e. The van der Waals surface area contributed by atoms with Crippen molar-refractivity contribution in [3.05, 3.63) is 35.4 Å². The molecule has 0 saturated carbocycles. The zero-order valence-electron chi connectivity index (χ0n) is 10.8. The normalized spacial score (nSPS) is 17.2. The molecule has 1 aromatic carbocycles. The van der Waals surface area contributed by atoms with Gasteiger partial charge in [0.25, 0.3) is 0 Å². The van der Waals surface area contributed by atoms with Crippen LogP contribution < -0.4 is 5.32 Å². The average Bonchev–Trinajstić information content (AvgIpc) is 2.64. The van der Waals surface area contributed by atoms with E-state index in [1.807, 2.05) is 0 Å². The zero-order valence-corrected chi connectivity index (χ0v) is 10.8. The van der Waals surface area contributed by atoms with E-state index in [0.29, 0.717) is 6.54 Å². The van der Waals surface area contributed by atoms with Crippen LogP contribution in [0.3, 0.4) is 0 Å². The predicted octanol–water partition coefficient (Wildman–Crippen LogP) is 1.83. The topological polar surface area (TPSA) is 32.3 Å². The molecule has 0 spiro atoms. The number of hydrogen-bond acceptors (Lipinski definition) is 3. The van der Waals surface area contributed by atoms with Crippen LogP contribution >= 0.6 is 0 Å². The molecule has 2 rings (SSSR count). The number of nitrogens with one attached hydrogen (secondary N) is 1. The van der Waals surface area contributed by atoms with Gasteiger partial charge in [-0.2, -0.15) is 0 Å². The molecule has 1 aliphatic heterocycles. The van der Waals surface area contributed by atoms with E-state index in [9.17, 15) is 13.6 Å². The van der Waals surface area contributed by atoms with Crippen LogP contribution in [0.25, 0.3) is 0 Å². The molecule has 104 valence electrons. The Kier molecular flexibility index (Phi) is 4.99. The molecular weight excluding hydrogens is 250 g/mol. The first-order valence-electron chi connectivity index (χ1n) is 6.58. The van der Waals surface area contributed by atoms with E-state index >= 15 is 0 Å². The summed E-state index contributed by atoms with van der Waals surface area (Å²) in [6.45, 7) is 4.39. The van der Waals surface area contributed by atoms with E-state index in [-0.39, 0.29) is 17.8 Å². The lowest BCUT2D eigenvalue weighted by Gasteiger charge is -2.18. The lowest BCUT2D eigenvalue weighted by molar-refractivity contribution is 0.0961. The summed E-state index contributed by atoms with van der Waals surface area (Å²) in [4.78, 5) is 14.1. The second-order valence-electron chi connectivity index (χ2n) is 4.74. The Morgan fingerprint density at radius 2 is 2.11 bits per heavy atom. The Balaban J connectivity index is 1.89. The van der Waals surface area contributed by atoms with Gasteiger partial charge in [-0.15, -0.1) is 0 Å². The number of hydrogen-bond donors (Lipinski definition) is 1. The second-order valence-corrected chi connectivity index (χ2v) is 4.74. The summed E-state index contributed by atoms with van der Waals surface area (Å²) in [6.07, 6.45) is 1.32. The van der Waals surface area contributed by atoms with Crippen LogP contribution in [-0.2, 0) is 0 Å². The third kappa shape index (κ3) is 4.08. The number of rotatable bonds is 4. The largest absolute Gasteiger partial charge is 0.315 e. The van der Waals surface area contributed by atoms with Crippen molar-refractivity contribution in [1.29, 1.82) is 0 Å². The maximum absolute atomic E-state index is 13.4. The van der Waals surface area contributed by atoms with Crippen LogP contribution in [0.1, 0.15) is 23.2 Å². The van der Waals surface area contributed by atoms with E-state index in [1.165, 1.54) is 6.07 Å². The molecule has 1 fully saturated rings. The standard InChI is InChI=1S/C14H18F2N2O/c15-11-2-3-12(13(16)10-11)14(19)4-8-18-7-1-5-17-6-9-18/h2-3,10,17H,1,4-9H2. The average molecular weight is 268 g/mol. The molecule has 0 radical (unpaired) electrons. The van der Waals surface area contributed by atoms with Gasteiger partial charge in [-0.05, 0) is 31.6 Å². The molecule has 1 aliphatic rings. The fourth-order valence-corrected chi connectivity index (χ4v) is 2.24. The summed E-state index contributed by atoms with van der Waals surface area (Å²) >= 11 is 0. The molecule has 0 aromatic heterocycles. The maximum atomic E-state index is 13.4. The Morgan fingerprint density at radius 1 is 1.26 bits per heavy atom. The lowest BCUT2D eigenvalue weighted by Crippen LogP contribution is -2.30. The summed E-state index contributed by atoms with van der Waals surface area (Å²) in [6, 6.07) is 3.09. The monoisotopic (exact) mass is 268 g/mol. The molecule has 1 heterocycles. The van der Waals surface area contributed by atoms with Crippen molar-refractivity contribution >= 4 is 5.78 Å². The highest BCUT2D eigenvalue weighted by atomic mass is 19.1. The fraction of sp³-hybridized carbons (Fsp3) is 0.500. The minimum atomic E-state index is -0.775. The number of carbonyl (C=O) groups is 1.